The predicted octanol–water partition coefficient (Wildman–Crippen LogP) is 3.70. The van der Waals surface area contributed by atoms with Gasteiger partial charge in [0, 0.05) is 6.20 Å². The monoisotopic (exact) mass is 232 g/mol. The summed E-state index contributed by atoms with van der Waals surface area (Å²) in [6.07, 6.45) is 7.28. The zero-order valence-electron chi connectivity index (χ0n) is 9.82. The molecule has 86 valence electrons. The van der Waals surface area contributed by atoms with Crippen molar-refractivity contribution in [1.82, 2.24) is 4.98 Å². The van der Waals surface area contributed by atoms with Crippen LogP contribution in [0.1, 0.15) is 11.3 Å². The van der Waals surface area contributed by atoms with Crippen LogP contribution in [-0.4, -0.2) is 4.98 Å². The van der Waals surface area contributed by atoms with E-state index in [2.05, 4.69) is 11.1 Å². The number of pyridine rings is 1. The molecule has 0 aliphatic heterocycles. The Bertz CT molecular complexity index is 590. The minimum absolute atomic E-state index is 0.558. The van der Waals surface area contributed by atoms with Gasteiger partial charge in [0.15, 0.2) is 0 Å². The van der Waals surface area contributed by atoms with Crippen LogP contribution in [0.3, 0.4) is 0 Å². The van der Waals surface area contributed by atoms with Gasteiger partial charge in [0.1, 0.15) is 6.07 Å². The maximum atomic E-state index is 9.08. The molecule has 0 unspecified atom stereocenters. The molecule has 0 N–H and O–H groups in total. The van der Waals surface area contributed by atoms with E-state index in [1.165, 1.54) is 0 Å². The van der Waals surface area contributed by atoms with Gasteiger partial charge >= 0.3 is 0 Å². The van der Waals surface area contributed by atoms with Gasteiger partial charge in [-0.3, -0.25) is 4.98 Å². The fraction of sp³-hybridized carbons (Fsp3) is 0. The van der Waals surface area contributed by atoms with Crippen LogP contribution in [0, 0.1) is 11.3 Å². The quantitative estimate of drug-likeness (QED) is 0.597. The standard InChI is InChI=1S/C16H12N2/c17-13-15(16-11-4-5-12-18-16)10-6-9-14-7-2-1-3-8-14/h1-12H/b9-6+,15-10-. The summed E-state index contributed by atoms with van der Waals surface area (Å²) in [6.45, 7) is 0. The molecule has 0 aliphatic rings. The minimum Gasteiger partial charge on any atom is -0.256 e. The first-order valence-corrected chi connectivity index (χ1v) is 5.65. The lowest BCUT2D eigenvalue weighted by Gasteiger charge is -1.95. The number of nitriles is 1. The van der Waals surface area contributed by atoms with Crippen LogP contribution in [0.4, 0.5) is 0 Å². The van der Waals surface area contributed by atoms with Crippen molar-refractivity contribution in [3.63, 3.8) is 0 Å². The molecule has 0 atom stereocenters. The second kappa shape index (κ2) is 6.17. The van der Waals surface area contributed by atoms with Crippen molar-refractivity contribution in [1.29, 1.82) is 5.26 Å². The van der Waals surface area contributed by atoms with Crippen molar-refractivity contribution in [3.8, 4) is 6.07 Å². The smallest absolute Gasteiger partial charge is 0.101 e. The van der Waals surface area contributed by atoms with Gasteiger partial charge in [-0.05, 0) is 23.8 Å². The minimum atomic E-state index is 0.558. The van der Waals surface area contributed by atoms with E-state index in [9.17, 15) is 0 Å². The van der Waals surface area contributed by atoms with E-state index in [0.29, 0.717) is 11.3 Å². The molecule has 1 aromatic heterocycles. The van der Waals surface area contributed by atoms with Gasteiger partial charge in [-0.25, -0.2) is 0 Å². The fourth-order valence-electron chi connectivity index (χ4n) is 1.52. The molecular formula is C16H12N2. The number of hydrogen-bond acceptors (Lipinski definition) is 2. The molecule has 0 saturated heterocycles. The Kier molecular flexibility index (Phi) is 4.05. The summed E-state index contributed by atoms with van der Waals surface area (Å²) >= 11 is 0. The van der Waals surface area contributed by atoms with E-state index in [1.54, 1.807) is 12.3 Å². The van der Waals surface area contributed by atoms with Crippen molar-refractivity contribution in [2.75, 3.05) is 0 Å². The third kappa shape index (κ3) is 3.16. The van der Waals surface area contributed by atoms with E-state index in [0.717, 1.165) is 5.56 Å². The van der Waals surface area contributed by atoms with Crippen molar-refractivity contribution >= 4 is 11.6 Å². The summed E-state index contributed by atoms with van der Waals surface area (Å²) in [5.41, 5.74) is 2.35. The molecule has 0 spiro atoms. The van der Waals surface area contributed by atoms with Crippen molar-refractivity contribution < 1.29 is 0 Å². The third-order valence-corrected chi connectivity index (χ3v) is 2.41. The van der Waals surface area contributed by atoms with E-state index in [-0.39, 0.29) is 0 Å². The average Bonchev–Trinajstić information content (AvgIpc) is 2.46. The Morgan fingerprint density at radius 1 is 1.06 bits per heavy atom. The summed E-state index contributed by atoms with van der Waals surface area (Å²) < 4.78 is 0. The van der Waals surface area contributed by atoms with E-state index in [4.69, 9.17) is 5.26 Å². The van der Waals surface area contributed by atoms with Crippen molar-refractivity contribution in [2.24, 2.45) is 0 Å². The zero-order chi connectivity index (χ0) is 12.6. The maximum Gasteiger partial charge on any atom is 0.101 e. The summed E-state index contributed by atoms with van der Waals surface area (Å²) in [5.74, 6) is 0. The van der Waals surface area contributed by atoms with Crippen LogP contribution in [-0.2, 0) is 0 Å². The average molecular weight is 232 g/mol. The van der Waals surface area contributed by atoms with Crippen LogP contribution >= 0.6 is 0 Å². The Balaban J connectivity index is 2.18. The number of rotatable bonds is 3. The molecule has 0 radical (unpaired) electrons. The molecule has 0 saturated carbocycles. The number of benzene rings is 1. The Labute approximate surface area is 107 Å². The highest BCUT2D eigenvalue weighted by molar-refractivity contribution is 5.76. The van der Waals surface area contributed by atoms with Gasteiger partial charge < -0.3 is 0 Å². The summed E-state index contributed by atoms with van der Waals surface area (Å²) in [7, 11) is 0. The Morgan fingerprint density at radius 2 is 1.83 bits per heavy atom. The summed E-state index contributed by atoms with van der Waals surface area (Å²) in [5, 5.41) is 9.08. The lowest BCUT2D eigenvalue weighted by molar-refractivity contribution is 1.28. The highest BCUT2D eigenvalue weighted by Crippen LogP contribution is 2.10. The van der Waals surface area contributed by atoms with E-state index >= 15 is 0 Å². The van der Waals surface area contributed by atoms with Crippen LogP contribution in [0.2, 0.25) is 0 Å². The molecular weight excluding hydrogens is 220 g/mol. The molecule has 1 aromatic carbocycles. The number of hydrogen-bond donors (Lipinski definition) is 0. The molecule has 1 heterocycles. The Hall–Kier alpha value is -2.66. The van der Waals surface area contributed by atoms with Crippen LogP contribution in [0.15, 0.2) is 66.9 Å². The lowest BCUT2D eigenvalue weighted by atomic mass is 10.1. The fourth-order valence-corrected chi connectivity index (χ4v) is 1.52. The number of aromatic nitrogens is 1. The first-order valence-electron chi connectivity index (χ1n) is 5.65. The van der Waals surface area contributed by atoms with Gasteiger partial charge in [-0.2, -0.15) is 5.26 Å². The first-order chi connectivity index (χ1) is 8.90. The predicted molar refractivity (Wildman–Crippen MR) is 73.3 cm³/mol. The summed E-state index contributed by atoms with van der Waals surface area (Å²) in [4.78, 5) is 4.15. The topological polar surface area (TPSA) is 36.7 Å². The normalized spacial score (nSPS) is 11.4. The third-order valence-electron chi connectivity index (χ3n) is 2.41. The highest BCUT2D eigenvalue weighted by atomic mass is 14.7. The zero-order valence-corrected chi connectivity index (χ0v) is 9.82. The molecule has 0 amide bonds. The maximum absolute atomic E-state index is 9.08. The molecule has 2 heteroatoms. The molecule has 2 aromatic rings. The highest BCUT2D eigenvalue weighted by Gasteiger charge is 1.98. The van der Waals surface area contributed by atoms with Crippen LogP contribution in [0.25, 0.3) is 11.6 Å². The van der Waals surface area contributed by atoms with Gasteiger partial charge in [-0.15, -0.1) is 0 Å². The van der Waals surface area contributed by atoms with E-state index in [1.807, 2.05) is 60.7 Å². The van der Waals surface area contributed by atoms with Gasteiger partial charge in [0.2, 0.25) is 0 Å². The van der Waals surface area contributed by atoms with Crippen molar-refractivity contribution in [3.05, 3.63) is 78.1 Å². The summed E-state index contributed by atoms with van der Waals surface area (Å²) in [6, 6.07) is 17.6. The van der Waals surface area contributed by atoms with E-state index < -0.39 is 0 Å². The number of allylic oxidation sites excluding steroid dienone is 3. The second-order valence-corrected chi connectivity index (χ2v) is 3.68. The number of nitrogens with zero attached hydrogens (tertiary/aromatic N) is 2. The second-order valence-electron chi connectivity index (χ2n) is 3.68. The van der Waals surface area contributed by atoms with Crippen LogP contribution in [0.5, 0.6) is 0 Å². The molecule has 0 aliphatic carbocycles. The largest absolute Gasteiger partial charge is 0.256 e. The van der Waals surface area contributed by atoms with Crippen molar-refractivity contribution in [2.45, 2.75) is 0 Å². The first kappa shape index (κ1) is 11.8. The SMILES string of the molecule is N#C/C(=C/C=C/c1ccccc1)c1ccccn1. The van der Waals surface area contributed by atoms with Gasteiger partial charge in [0.25, 0.3) is 0 Å². The molecule has 2 nitrogen and oxygen atoms in total. The molecule has 18 heavy (non-hydrogen) atoms. The molecule has 2 rings (SSSR count). The lowest BCUT2D eigenvalue weighted by Crippen LogP contribution is -1.84. The van der Waals surface area contributed by atoms with Gasteiger partial charge in [-0.1, -0.05) is 48.6 Å². The Morgan fingerprint density at radius 3 is 2.50 bits per heavy atom. The molecule has 0 bridgehead atoms. The van der Waals surface area contributed by atoms with Gasteiger partial charge in [0.05, 0.1) is 11.3 Å². The molecule has 0 fully saturated rings. The van der Waals surface area contributed by atoms with Crippen LogP contribution < -0.4 is 0 Å².